The topological polar surface area (TPSA) is 50.8 Å². The highest BCUT2D eigenvalue weighted by Gasteiger charge is 2.18. The fourth-order valence-electron chi connectivity index (χ4n) is 2.70. The molecule has 2 rings (SSSR count). The van der Waals surface area contributed by atoms with Gasteiger partial charge in [0, 0.05) is 37.1 Å². The number of likely N-dealkylation sites (tertiary alicyclic amines) is 1. The Morgan fingerprint density at radius 2 is 2.17 bits per heavy atom. The predicted octanol–water partition coefficient (Wildman–Crippen LogP) is 2.85. The number of nitrogens with zero attached hydrogens (tertiary/aromatic N) is 1. The lowest BCUT2D eigenvalue weighted by Gasteiger charge is -2.16. The van der Waals surface area contributed by atoms with Gasteiger partial charge in [0.2, 0.25) is 5.91 Å². The largest absolute Gasteiger partial charge is 0.493 e. The van der Waals surface area contributed by atoms with Crippen molar-refractivity contribution in [3.05, 3.63) is 22.7 Å². The molecular weight excluding hydrogens is 316 g/mol. The van der Waals surface area contributed by atoms with Gasteiger partial charge in [0.15, 0.2) is 11.5 Å². The number of amides is 1. The van der Waals surface area contributed by atoms with Crippen LogP contribution in [-0.2, 0) is 11.3 Å². The van der Waals surface area contributed by atoms with Crippen molar-refractivity contribution in [1.82, 2.24) is 10.2 Å². The zero-order valence-electron chi connectivity index (χ0n) is 13.9. The van der Waals surface area contributed by atoms with Crippen LogP contribution in [-0.4, -0.2) is 44.2 Å². The summed E-state index contributed by atoms with van der Waals surface area (Å²) in [7, 11) is 1.62. The average molecular weight is 341 g/mol. The number of halogens is 1. The molecule has 1 aromatic rings. The monoisotopic (exact) mass is 340 g/mol. The van der Waals surface area contributed by atoms with Crippen LogP contribution >= 0.6 is 11.6 Å². The third kappa shape index (κ3) is 5.01. The number of benzene rings is 1. The molecule has 1 heterocycles. The Morgan fingerprint density at radius 3 is 2.83 bits per heavy atom. The summed E-state index contributed by atoms with van der Waals surface area (Å²) in [4.78, 5) is 13.5. The van der Waals surface area contributed by atoms with Crippen molar-refractivity contribution in [3.8, 4) is 11.5 Å². The second kappa shape index (κ2) is 8.99. The van der Waals surface area contributed by atoms with Gasteiger partial charge in [-0.15, -0.1) is 0 Å². The SMILES string of the molecule is CCOc1cc(Cl)c(CNCCCN2CCCC2=O)cc1OC. The van der Waals surface area contributed by atoms with Crippen LogP contribution in [0.25, 0.3) is 0 Å². The molecule has 6 heteroatoms. The molecule has 0 spiro atoms. The fraction of sp³-hybridized carbons (Fsp3) is 0.588. The average Bonchev–Trinajstić information content (AvgIpc) is 2.94. The molecule has 5 nitrogen and oxygen atoms in total. The van der Waals surface area contributed by atoms with Crippen molar-refractivity contribution in [2.75, 3.05) is 33.4 Å². The number of hydrogen-bond donors (Lipinski definition) is 1. The Morgan fingerprint density at radius 1 is 1.35 bits per heavy atom. The first-order valence-electron chi connectivity index (χ1n) is 8.13. The van der Waals surface area contributed by atoms with Gasteiger partial charge in [-0.3, -0.25) is 4.79 Å². The lowest BCUT2D eigenvalue weighted by molar-refractivity contribution is -0.127. The Labute approximate surface area is 142 Å². The molecule has 1 saturated heterocycles. The minimum atomic E-state index is 0.282. The maximum Gasteiger partial charge on any atom is 0.222 e. The fourth-order valence-corrected chi connectivity index (χ4v) is 2.92. The van der Waals surface area contributed by atoms with E-state index >= 15 is 0 Å². The third-order valence-corrected chi connectivity index (χ3v) is 4.25. The molecule has 0 saturated carbocycles. The van der Waals surface area contributed by atoms with Crippen LogP contribution in [0.5, 0.6) is 11.5 Å². The molecule has 1 aliphatic rings. The quantitative estimate of drug-likeness (QED) is 0.702. The molecular formula is C17H25ClN2O3. The minimum absolute atomic E-state index is 0.282. The van der Waals surface area contributed by atoms with E-state index in [1.54, 1.807) is 13.2 Å². The molecule has 0 aliphatic carbocycles. The second-order valence-corrected chi connectivity index (χ2v) is 5.95. The molecule has 23 heavy (non-hydrogen) atoms. The number of methoxy groups -OCH3 is 1. The van der Waals surface area contributed by atoms with Gasteiger partial charge in [-0.25, -0.2) is 0 Å². The summed E-state index contributed by atoms with van der Waals surface area (Å²) in [6.45, 7) is 5.73. The molecule has 1 fully saturated rings. The molecule has 0 unspecified atom stereocenters. The summed E-state index contributed by atoms with van der Waals surface area (Å²) in [5.74, 6) is 1.64. The van der Waals surface area contributed by atoms with Gasteiger partial charge in [-0.2, -0.15) is 0 Å². The highest BCUT2D eigenvalue weighted by Crippen LogP contribution is 2.33. The van der Waals surface area contributed by atoms with Crippen LogP contribution in [0.15, 0.2) is 12.1 Å². The zero-order chi connectivity index (χ0) is 16.7. The molecule has 0 aromatic heterocycles. The number of rotatable bonds is 9. The first-order valence-corrected chi connectivity index (χ1v) is 8.51. The van der Waals surface area contributed by atoms with Crippen LogP contribution < -0.4 is 14.8 Å². The Bertz CT molecular complexity index is 537. The van der Waals surface area contributed by atoms with Crippen molar-refractivity contribution in [2.24, 2.45) is 0 Å². The van der Waals surface area contributed by atoms with Gasteiger partial charge in [0.1, 0.15) is 0 Å². The summed E-state index contributed by atoms with van der Waals surface area (Å²) in [6.07, 6.45) is 2.64. The maximum atomic E-state index is 11.5. The van der Waals surface area contributed by atoms with Crippen LogP contribution in [0.4, 0.5) is 0 Å². The molecule has 0 atom stereocenters. The van der Waals surface area contributed by atoms with Crippen LogP contribution in [0.2, 0.25) is 5.02 Å². The van der Waals surface area contributed by atoms with Crippen molar-refractivity contribution in [3.63, 3.8) is 0 Å². The second-order valence-electron chi connectivity index (χ2n) is 5.54. The lowest BCUT2D eigenvalue weighted by atomic mass is 10.2. The van der Waals surface area contributed by atoms with E-state index in [4.69, 9.17) is 21.1 Å². The summed E-state index contributed by atoms with van der Waals surface area (Å²) < 4.78 is 10.9. The Balaban J connectivity index is 1.79. The predicted molar refractivity (Wildman–Crippen MR) is 91.3 cm³/mol. The lowest BCUT2D eigenvalue weighted by Crippen LogP contribution is -2.28. The van der Waals surface area contributed by atoms with E-state index in [-0.39, 0.29) is 5.91 Å². The Kier molecular flexibility index (Phi) is 6.99. The van der Waals surface area contributed by atoms with Crippen molar-refractivity contribution in [1.29, 1.82) is 0 Å². The van der Waals surface area contributed by atoms with Gasteiger partial charge >= 0.3 is 0 Å². The van der Waals surface area contributed by atoms with Crippen LogP contribution in [0.3, 0.4) is 0 Å². The van der Waals surface area contributed by atoms with Crippen LogP contribution in [0, 0.1) is 0 Å². The summed E-state index contributed by atoms with van der Waals surface area (Å²) >= 11 is 6.30. The van der Waals surface area contributed by atoms with Gasteiger partial charge in [0.25, 0.3) is 0 Å². The van der Waals surface area contributed by atoms with E-state index in [2.05, 4.69) is 5.32 Å². The van der Waals surface area contributed by atoms with E-state index in [1.807, 2.05) is 17.9 Å². The summed E-state index contributed by atoms with van der Waals surface area (Å²) in [5, 5.41) is 4.03. The van der Waals surface area contributed by atoms with E-state index in [0.29, 0.717) is 36.1 Å². The number of nitrogens with one attached hydrogen (secondary N) is 1. The van der Waals surface area contributed by atoms with Crippen molar-refractivity contribution < 1.29 is 14.3 Å². The molecule has 0 bridgehead atoms. The van der Waals surface area contributed by atoms with Crippen molar-refractivity contribution in [2.45, 2.75) is 32.7 Å². The summed E-state index contributed by atoms with van der Waals surface area (Å²) in [6, 6.07) is 3.70. The third-order valence-electron chi connectivity index (χ3n) is 3.90. The standard InChI is InChI=1S/C17H25ClN2O3/c1-3-23-16-11-14(18)13(10-15(16)22-2)12-19-7-5-9-20-8-4-6-17(20)21/h10-11,19H,3-9,12H2,1-2H3. The first kappa shape index (κ1) is 17.9. The molecule has 0 radical (unpaired) electrons. The number of ether oxygens (including phenoxy) is 2. The normalized spacial score (nSPS) is 14.4. The molecule has 1 N–H and O–H groups in total. The Hall–Kier alpha value is -1.46. The van der Waals surface area contributed by atoms with Gasteiger partial charge < -0.3 is 19.7 Å². The van der Waals surface area contributed by atoms with Gasteiger partial charge in [0.05, 0.1) is 13.7 Å². The minimum Gasteiger partial charge on any atom is -0.493 e. The number of hydrogen-bond acceptors (Lipinski definition) is 4. The number of carbonyl (C=O) groups is 1. The smallest absolute Gasteiger partial charge is 0.222 e. The summed E-state index contributed by atoms with van der Waals surface area (Å²) in [5.41, 5.74) is 0.976. The van der Waals surface area contributed by atoms with E-state index in [1.165, 1.54) is 0 Å². The van der Waals surface area contributed by atoms with E-state index in [9.17, 15) is 4.79 Å². The molecule has 1 aliphatic heterocycles. The molecule has 1 amide bonds. The maximum absolute atomic E-state index is 11.5. The zero-order valence-corrected chi connectivity index (χ0v) is 14.6. The highest BCUT2D eigenvalue weighted by atomic mass is 35.5. The van der Waals surface area contributed by atoms with Gasteiger partial charge in [-0.05, 0) is 37.9 Å². The van der Waals surface area contributed by atoms with Crippen molar-refractivity contribution >= 4 is 17.5 Å². The van der Waals surface area contributed by atoms with E-state index < -0.39 is 0 Å². The number of carbonyl (C=O) groups excluding carboxylic acids is 1. The van der Waals surface area contributed by atoms with E-state index in [0.717, 1.165) is 38.0 Å². The van der Waals surface area contributed by atoms with Crippen LogP contribution in [0.1, 0.15) is 31.7 Å². The molecule has 1 aromatic carbocycles. The molecule has 128 valence electrons. The highest BCUT2D eigenvalue weighted by molar-refractivity contribution is 6.31. The van der Waals surface area contributed by atoms with Gasteiger partial charge in [-0.1, -0.05) is 11.6 Å². The first-order chi connectivity index (χ1) is 11.2.